The van der Waals surface area contributed by atoms with E-state index in [9.17, 15) is 18.0 Å². The maximum absolute atomic E-state index is 14.1. The first-order valence-corrected chi connectivity index (χ1v) is 9.83. The van der Waals surface area contributed by atoms with Crippen LogP contribution >= 0.6 is 0 Å². The molecule has 1 atom stereocenters. The van der Waals surface area contributed by atoms with Crippen molar-refractivity contribution in [2.75, 3.05) is 19.6 Å². The summed E-state index contributed by atoms with van der Waals surface area (Å²) in [7, 11) is 0. The number of nitrogens with zero attached hydrogens (tertiary/aromatic N) is 2. The average Bonchev–Trinajstić information content (AvgIpc) is 2.92. The van der Waals surface area contributed by atoms with Gasteiger partial charge in [-0.25, -0.2) is 4.79 Å². The van der Waals surface area contributed by atoms with Crippen LogP contribution in [-0.2, 0) is 11.3 Å². The van der Waals surface area contributed by atoms with Gasteiger partial charge in [0.05, 0.1) is 0 Å². The van der Waals surface area contributed by atoms with Gasteiger partial charge in [0.1, 0.15) is 11.6 Å². The van der Waals surface area contributed by atoms with Crippen molar-refractivity contribution in [3.05, 3.63) is 35.9 Å². The molecule has 0 aliphatic carbocycles. The van der Waals surface area contributed by atoms with Crippen LogP contribution in [-0.4, -0.2) is 53.3 Å². The Balaban J connectivity index is 1.72. The van der Waals surface area contributed by atoms with Crippen LogP contribution in [0, 0.1) is 5.41 Å². The van der Waals surface area contributed by atoms with E-state index in [1.165, 1.54) is 0 Å². The Morgan fingerprint density at radius 1 is 1.07 bits per heavy atom. The fourth-order valence-electron chi connectivity index (χ4n) is 4.55. The molecule has 0 radical (unpaired) electrons. The molecule has 2 saturated heterocycles. The second-order valence-corrected chi connectivity index (χ2v) is 8.98. The van der Waals surface area contributed by atoms with E-state index < -0.39 is 29.3 Å². The highest BCUT2D eigenvalue weighted by Gasteiger charge is 2.60. The standard InChI is InChI=1S/C21H29F3N2O2/c1-19(2,3)28-18(27)25-12-9-20(10-13-25)11-14-26(17(20)21(22,23)24)15-16-7-5-4-6-8-16/h4-8,17H,9-15H2,1-3H3. The number of piperidine rings is 1. The Labute approximate surface area is 164 Å². The molecule has 0 saturated carbocycles. The lowest BCUT2D eigenvalue weighted by Crippen LogP contribution is -2.54. The molecule has 0 bridgehead atoms. The summed E-state index contributed by atoms with van der Waals surface area (Å²) in [5, 5.41) is 0. The summed E-state index contributed by atoms with van der Waals surface area (Å²) in [5.41, 5.74) is -0.550. The third-order valence-electron chi connectivity index (χ3n) is 5.79. The fourth-order valence-corrected chi connectivity index (χ4v) is 4.55. The zero-order valence-corrected chi connectivity index (χ0v) is 16.8. The number of rotatable bonds is 2. The number of hydrogen-bond acceptors (Lipinski definition) is 3. The molecule has 4 nitrogen and oxygen atoms in total. The van der Waals surface area contributed by atoms with Crippen molar-refractivity contribution >= 4 is 6.09 Å². The fraction of sp³-hybridized carbons (Fsp3) is 0.667. The minimum atomic E-state index is -4.29. The van der Waals surface area contributed by atoms with Gasteiger partial charge in [-0.15, -0.1) is 0 Å². The van der Waals surface area contributed by atoms with Gasteiger partial charge >= 0.3 is 12.3 Å². The number of carbonyl (C=O) groups is 1. The molecule has 1 unspecified atom stereocenters. The maximum Gasteiger partial charge on any atom is 0.410 e. The van der Waals surface area contributed by atoms with Crippen LogP contribution in [0.2, 0.25) is 0 Å². The van der Waals surface area contributed by atoms with Gasteiger partial charge in [-0.3, -0.25) is 4.90 Å². The first-order valence-electron chi connectivity index (χ1n) is 9.83. The predicted molar refractivity (Wildman–Crippen MR) is 101 cm³/mol. The van der Waals surface area contributed by atoms with Crippen molar-refractivity contribution < 1.29 is 22.7 Å². The number of hydrogen-bond donors (Lipinski definition) is 0. The van der Waals surface area contributed by atoms with Crippen LogP contribution in [0.3, 0.4) is 0 Å². The van der Waals surface area contributed by atoms with E-state index >= 15 is 0 Å². The Morgan fingerprint density at radius 2 is 1.64 bits per heavy atom. The molecule has 3 rings (SSSR count). The molecule has 1 spiro atoms. The molecule has 1 aromatic rings. The molecule has 2 fully saturated rings. The highest BCUT2D eigenvalue weighted by Crippen LogP contribution is 2.51. The molecule has 0 N–H and O–H groups in total. The molecule has 1 aromatic carbocycles. The molecule has 28 heavy (non-hydrogen) atoms. The highest BCUT2D eigenvalue weighted by molar-refractivity contribution is 5.68. The first kappa shape index (κ1) is 21.0. The normalized spacial score (nSPS) is 23.2. The van der Waals surface area contributed by atoms with E-state index in [0.29, 0.717) is 45.4 Å². The van der Waals surface area contributed by atoms with Crippen molar-refractivity contribution in [1.82, 2.24) is 9.80 Å². The van der Waals surface area contributed by atoms with Crippen molar-refractivity contribution in [2.24, 2.45) is 5.41 Å². The van der Waals surface area contributed by atoms with Gasteiger partial charge in [0.15, 0.2) is 0 Å². The summed E-state index contributed by atoms with van der Waals surface area (Å²) in [4.78, 5) is 15.4. The van der Waals surface area contributed by atoms with E-state index in [4.69, 9.17) is 4.74 Å². The maximum atomic E-state index is 14.1. The number of amides is 1. The summed E-state index contributed by atoms with van der Waals surface area (Å²) in [6.07, 6.45) is -3.53. The minimum Gasteiger partial charge on any atom is -0.444 e. The number of halogens is 3. The quantitative estimate of drug-likeness (QED) is 0.715. The lowest BCUT2D eigenvalue weighted by atomic mass is 9.72. The predicted octanol–water partition coefficient (Wildman–Crippen LogP) is 4.84. The number of ether oxygens (including phenoxy) is 1. The van der Waals surface area contributed by atoms with Gasteiger partial charge in [-0.05, 0) is 57.6 Å². The molecule has 0 aromatic heterocycles. The van der Waals surface area contributed by atoms with E-state index in [1.54, 1.807) is 30.6 Å². The second kappa shape index (κ2) is 7.58. The van der Waals surface area contributed by atoms with E-state index in [1.807, 2.05) is 30.3 Å². The van der Waals surface area contributed by atoms with Gasteiger partial charge in [-0.1, -0.05) is 30.3 Å². The smallest absolute Gasteiger partial charge is 0.410 e. The zero-order valence-electron chi connectivity index (χ0n) is 16.8. The lowest BCUT2D eigenvalue weighted by molar-refractivity contribution is -0.206. The summed E-state index contributed by atoms with van der Waals surface area (Å²) < 4.78 is 47.6. The van der Waals surface area contributed by atoms with Gasteiger partial charge in [-0.2, -0.15) is 13.2 Å². The molecule has 2 aliphatic heterocycles. The molecule has 2 aliphatic rings. The summed E-state index contributed by atoms with van der Waals surface area (Å²) in [6.45, 7) is 6.69. The zero-order chi connectivity index (χ0) is 20.6. The van der Waals surface area contributed by atoms with E-state index in [2.05, 4.69) is 0 Å². The number of benzene rings is 1. The van der Waals surface area contributed by atoms with E-state index in [-0.39, 0.29) is 0 Å². The summed E-state index contributed by atoms with van der Waals surface area (Å²) in [6, 6.07) is 7.82. The molecule has 1 amide bonds. The monoisotopic (exact) mass is 398 g/mol. The molecule has 2 heterocycles. The molecule has 156 valence electrons. The Hall–Kier alpha value is -1.76. The van der Waals surface area contributed by atoms with Crippen molar-refractivity contribution in [3.63, 3.8) is 0 Å². The van der Waals surface area contributed by atoms with Crippen LogP contribution in [0.5, 0.6) is 0 Å². The first-order chi connectivity index (χ1) is 13.0. The number of likely N-dealkylation sites (tertiary alicyclic amines) is 2. The third-order valence-corrected chi connectivity index (χ3v) is 5.79. The molecule has 7 heteroatoms. The largest absolute Gasteiger partial charge is 0.444 e. The van der Waals surface area contributed by atoms with Crippen LogP contribution in [0.4, 0.5) is 18.0 Å². The number of carbonyl (C=O) groups excluding carboxylic acids is 1. The third kappa shape index (κ3) is 4.62. The van der Waals surface area contributed by atoms with Crippen LogP contribution in [0.15, 0.2) is 30.3 Å². The average molecular weight is 398 g/mol. The van der Waals surface area contributed by atoms with Gasteiger partial charge in [0.25, 0.3) is 0 Å². The van der Waals surface area contributed by atoms with Gasteiger partial charge in [0.2, 0.25) is 0 Å². The van der Waals surface area contributed by atoms with Crippen LogP contribution in [0.25, 0.3) is 0 Å². The number of alkyl halides is 3. The SMILES string of the molecule is CC(C)(C)OC(=O)N1CCC2(CC1)CCN(Cc1ccccc1)C2C(F)(F)F. The Morgan fingerprint density at radius 3 is 2.18 bits per heavy atom. The topological polar surface area (TPSA) is 32.8 Å². The Bertz CT molecular complexity index is 677. The van der Waals surface area contributed by atoms with Crippen LogP contribution < -0.4 is 0 Å². The van der Waals surface area contributed by atoms with Crippen molar-refractivity contribution in [2.45, 2.75) is 64.4 Å². The molecular formula is C21H29F3N2O2. The minimum absolute atomic E-state index is 0.294. The summed E-state index contributed by atoms with van der Waals surface area (Å²) >= 11 is 0. The summed E-state index contributed by atoms with van der Waals surface area (Å²) in [5.74, 6) is 0. The highest BCUT2D eigenvalue weighted by atomic mass is 19.4. The van der Waals surface area contributed by atoms with Gasteiger partial charge in [0, 0.05) is 19.6 Å². The van der Waals surface area contributed by atoms with E-state index in [0.717, 1.165) is 5.56 Å². The Kier molecular flexibility index (Phi) is 5.67. The van der Waals surface area contributed by atoms with Crippen molar-refractivity contribution in [3.8, 4) is 0 Å². The second-order valence-electron chi connectivity index (χ2n) is 8.98. The van der Waals surface area contributed by atoms with Crippen molar-refractivity contribution in [1.29, 1.82) is 0 Å². The molecular weight excluding hydrogens is 369 g/mol. The van der Waals surface area contributed by atoms with Gasteiger partial charge < -0.3 is 9.64 Å². The van der Waals surface area contributed by atoms with Crippen LogP contribution in [0.1, 0.15) is 45.6 Å². The lowest BCUT2D eigenvalue weighted by Gasteiger charge is -2.44.